The molecule has 3 rings (SSSR count). The zero-order chi connectivity index (χ0) is 14.8. The lowest BCUT2D eigenvalue weighted by atomic mass is 10.1. The van der Waals surface area contributed by atoms with Crippen LogP contribution in [-0.4, -0.2) is 10.1 Å². The van der Waals surface area contributed by atoms with E-state index in [9.17, 15) is 4.39 Å². The van der Waals surface area contributed by atoms with Crippen LogP contribution in [0, 0.1) is 5.82 Å². The van der Waals surface area contributed by atoms with E-state index >= 15 is 0 Å². The third-order valence-corrected chi connectivity index (χ3v) is 3.65. The van der Waals surface area contributed by atoms with Gasteiger partial charge in [0.15, 0.2) is 0 Å². The summed E-state index contributed by atoms with van der Waals surface area (Å²) in [5.41, 5.74) is 7.63. The van der Waals surface area contributed by atoms with E-state index in [1.807, 2.05) is 30.3 Å². The van der Waals surface area contributed by atoms with Crippen LogP contribution >= 0.6 is 15.9 Å². The number of nitrogens with zero attached hydrogens (tertiary/aromatic N) is 2. The topological polar surface area (TPSA) is 64.9 Å². The number of halogens is 2. The Bertz CT molecular complexity index is 761. The first-order valence-corrected chi connectivity index (χ1v) is 7.04. The van der Waals surface area contributed by atoms with Crippen molar-refractivity contribution in [2.24, 2.45) is 5.73 Å². The SMILES string of the molecule is N[C@H](c1ccccc1)c1nc(-c2ccc(F)c(Br)c2)no1. The third-order valence-electron chi connectivity index (χ3n) is 3.04. The second kappa shape index (κ2) is 5.75. The Hall–Kier alpha value is -2.05. The van der Waals surface area contributed by atoms with E-state index in [1.165, 1.54) is 6.07 Å². The van der Waals surface area contributed by atoms with Gasteiger partial charge >= 0.3 is 0 Å². The third kappa shape index (κ3) is 2.86. The van der Waals surface area contributed by atoms with Crippen LogP contribution in [0.25, 0.3) is 11.4 Å². The molecule has 0 radical (unpaired) electrons. The van der Waals surface area contributed by atoms with Crippen molar-refractivity contribution in [3.05, 3.63) is 70.3 Å². The van der Waals surface area contributed by atoms with Gasteiger partial charge in [0, 0.05) is 5.56 Å². The molecule has 0 amide bonds. The van der Waals surface area contributed by atoms with Crippen molar-refractivity contribution in [3.63, 3.8) is 0 Å². The van der Waals surface area contributed by atoms with Gasteiger partial charge in [0.1, 0.15) is 11.9 Å². The Morgan fingerprint density at radius 1 is 1.14 bits per heavy atom. The first-order valence-electron chi connectivity index (χ1n) is 6.24. The Balaban J connectivity index is 1.91. The molecule has 106 valence electrons. The molecule has 0 bridgehead atoms. The summed E-state index contributed by atoms with van der Waals surface area (Å²) in [6.07, 6.45) is 0. The van der Waals surface area contributed by atoms with Crippen LogP contribution in [0.3, 0.4) is 0 Å². The van der Waals surface area contributed by atoms with Gasteiger partial charge in [-0.2, -0.15) is 4.98 Å². The first kappa shape index (κ1) is 13.9. The highest BCUT2D eigenvalue weighted by Gasteiger charge is 2.17. The van der Waals surface area contributed by atoms with Gasteiger partial charge in [0.2, 0.25) is 11.7 Å². The molecule has 0 fully saturated rings. The molecule has 0 aliphatic rings. The molecule has 21 heavy (non-hydrogen) atoms. The largest absolute Gasteiger partial charge is 0.337 e. The maximum atomic E-state index is 13.2. The Labute approximate surface area is 128 Å². The normalized spacial score (nSPS) is 12.3. The molecule has 2 N–H and O–H groups in total. The van der Waals surface area contributed by atoms with Crippen LogP contribution in [-0.2, 0) is 0 Å². The lowest BCUT2D eigenvalue weighted by Crippen LogP contribution is -2.11. The molecule has 0 saturated carbocycles. The minimum atomic E-state index is -0.490. The summed E-state index contributed by atoms with van der Waals surface area (Å²) in [7, 11) is 0. The monoisotopic (exact) mass is 347 g/mol. The van der Waals surface area contributed by atoms with Gasteiger partial charge < -0.3 is 10.3 Å². The maximum Gasteiger partial charge on any atom is 0.248 e. The predicted molar refractivity (Wildman–Crippen MR) is 79.9 cm³/mol. The highest BCUT2D eigenvalue weighted by molar-refractivity contribution is 9.10. The predicted octanol–water partition coefficient (Wildman–Crippen LogP) is 3.69. The van der Waals surface area contributed by atoms with Gasteiger partial charge in [-0.15, -0.1) is 0 Å². The molecule has 0 unspecified atom stereocenters. The average molecular weight is 348 g/mol. The maximum absolute atomic E-state index is 13.2. The second-order valence-electron chi connectivity index (χ2n) is 4.47. The number of hydrogen-bond acceptors (Lipinski definition) is 4. The molecule has 1 atom stereocenters. The van der Waals surface area contributed by atoms with Crippen molar-refractivity contribution >= 4 is 15.9 Å². The molecular weight excluding hydrogens is 337 g/mol. The summed E-state index contributed by atoms with van der Waals surface area (Å²) in [4.78, 5) is 4.28. The van der Waals surface area contributed by atoms with Crippen molar-refractivity contribution in [3.8, 4) is 11.4 Å². The molecular formula is C15H11BrFN3O. The molecule has 0 spiro atoms. The summed E-state index contributed by atoms with van der Waals surface area (Å²) in [5.74, 6) is 0.345. The molecule has 3 aromatic rings. The van der Waals surface area contributed by atoms with Crippen molar-refractivity contribution < 1.29 is 8.91 Å². The number of rotatable bonds is 3. The second-order valence-corrected chi connectivity index (χ2v) is 5.33. The number of aromatic nitrogens is 2. The zero-order valence-corrected chi connectivity index (χ0v) is 12.4. The fourth-order valence-corrected chi connectivity index (χ4v) is 2.30. The van der Waals surface area contributed by atoms with Gasteiger partial charge in [-0.05, 0) is 39.7 Å². The van der Waals surface area contributed by atoms with E-state index in [0.29, 0.717) is 21.8 Å². The fraction of sp³-hybridized carbons (Fsp3) is 0.0667. The fourth-order valence-electron chi connectivity index (χ4n) is 1.92. The van der Waals surface area contributed by atoms with Crippen LogP contribution in [0.4, 0.5) is 4.39 Å². The smallest absolute Gasteiger partial charge is 0.248 e. The Morgan fingerprint density at radius 3 is 2.62 bits per heavy atom. The number of hydrogen-bond donors (Lipinski definition) is 1. The molecule has 1 aromatic heterocycles. The highest BCUT2D eigenvalue weighted by atomic mass is 79.9. The molecule has 0 saturated heterocycles. The van der Waals surface area contributed by atoms with Crippen LogP contribution in [0.2, 0.25) is 0 Å². The molecule has 0 aliphatic carbocycles. The summed E-state index contributed by atoms with van der Waals surface area (Å²) < 4.78 is 18.8. The Morgan fingerprint density at radius 2 is 1.90 bits per heavy atom. The summed E-state index contributed by atoms with van der Waals surface area (Å²) >= 11 is 3.13. The molecule has 4 nitrogen and oxygen atoms in total. The molecule has 0 aliphatic heterocycles. The van der Waals surface area contributed by atoms with E-state index in [1.54, 1.807) is 12.1 Å². The van der Waals surface area contributed by atoms with Crippen LogP contribution in [0.1, 0.15) is 17.5 Å². The van der Waals surface area contributed by atoms with E-state index in [0.717, 1.165) is 5.56 Å². The lowest BCUT2D eigenvalue weighted by Gasteiger charge is -2.05. The summed E-state index contributed by atoms with van der Waals surface area (Å²) in [6, 6.07) is 13.5. The quantitative estimate of drug-likeness (QED) is 0.784. The molecule has 1 heterocycles. The minimum absolute atomic E-state index is 0.316. The van der Waals surface area contributed by atoms with Crippen LogP contribution < -0.4 is 5.73 Å². The molecule has 2 aromatic carbocycles. The zero-order valence-electron chi connectivity index (χ0n) is 10.8. The number of benzene rings is 2. The number of nitrogens with two attached hydrogens (primary N) is 1. The van der Waals surface area contributed by atoms with Gasteiger partial charge in [-0.25, -0.2) is 4.39 Å². The van der Waals surface area contributed by atoms with Gasteiger partial charge in [0.25, 0.3) is 0 Å². The lowest BCUT2D eigenvalue weighted by molar-refractivity contribution is 0.367. The van der Waals surface area contributed by atoms with Crippen molar-refractivity contribution in [1.82, 2.24) is 10.1 Å². The van der Waals surface area contributed by atoms with Crippen molar-refractivity contribution in [2.45, 2.75) is 6.04 Å². The van der Waals surface area contributed by atoms with E-state index in [2.05, 4.69) is 26.1 Å². The van der Waals surface area contributed by atoms with Crippen LogP contribution in [0.15, 0.2) is 57.5 Å². The van der Waals surface area contributed by atoms with Crippen molar-refractivity contribution in [2.75, 3.05) is 0 Å². The van der Waals surface area contributed by atoms with E-state index < -0.39 is 6.04 Å². The van der Waals surface area contributed by atoms with Gasteiger partial charge in [-0.1, -0.05) is 35.5 Å². The van der Waals surface area contributed by atoms with E-state index in [-0.39, 0.29) is 5.82 Å². The van der Waals surface area contributed by atoms with Crippen molar-refractivity contribution in [1.29, 1.82) is 0 Å². The summed E-state index contributed by atoms with van der Waals surface area (Å²) in [5, 5.41) is 3.89. The first-order chi connectivity index (χ1) is 10.1. The minimum Gasteiger partial charge on any atom is -0.337 e. The van der Waals surface area contributed by atoms with Gasteiger partial charge in [-0.3, -0.25) is 0 Å². The summed E-state index contributed by atoms with van der Waals surface area (Å²) in [6.45, 7) is 0. The standard InChI is InChI=1S/C15H11BrFN3O/c16-11-8-10(6-7-12(11)17)14-19-15(21-20-14)13(18)9-4-2-1-3-5-9/h1-8,13H,18H2/t13-/m1/s1. The van der Waals surface area contributed by atoms with Crippen LogP contribution in [0.5, 0.6) is 0 Å². The average Bonchev–Trinajstić information content (AvgIpc) is 3.00. The van der Waals surface area contributed by atoms with Gasteiger partial charge in [0.05, 0.1) is 4.47 Å². The van der Waals surface area contributed by atoms with E-state index in [4.69, 9.17) is 10.3 Å². The molecule has 6 heteroatoms. The Kier molecular flexibility index (Phi) is 3.81. The highest BCUT2D eigenvalue weighted by Crippen LogP contribution is 2.25.